The molecule has 0 radical (unpaired) electrons. The van der Waals surface area contributed by atoms with Gasteiger partial charge in [-0.15, -0.1) is 6.58 Å². The molecule has 3 atom stereocenters. The molecule has 38 heavy (non-hydrogen) atoms. The first-order chi connectivity index (χ1) is 18.4. The number of aryl methyl sites for hydroxylation is 1. The summed E-state index contributed by atoms with van der Waals surface area (Å²) in [6.07, 6.45) is 5.08. The molecule has 4 rings (SSSR count). The van der Waals surface area contributed by atoms with Crippen molar-refractivity contribution in [2.75, 3.05) is 26.7 Å². The number of piperazine rings is 1. The molecule has 2 heterocycles. The number of carbonyl (C=O) groups is 1. The van der Waals surface area contributed by atoms with E-state index in [4.69, 9.17) is 9.84 Å². The number of unbranched alkanes of at least 4 members (excludes halogenated alkanes) is 1. The normalized spacial score (nSPS) is 19.2. The quantitative estimate of drug-likeness (QED) is 0.271. The molecule has 0 spiro atoms. The topological polar surface area (TPSA) is 83.7 Å². The maximum absolute atomic E-state index is 10.8. The largest absolute Gasteiger partial charge is 0.497 e. The van der Waals surface area contributed by atoms with Crippen LogP contribution in [0.1, 0.15) is 50.3 Å². The molecule has 1 fully saturated rings. The van der Waals surface area contributed by atoms with Crippen LogP contribution >= 0.6 is 0 Å². The van der Waals surface area contributed by atoms with Gasteiger partial charge in [-0.3, -0.25) is 14.6 Å². The molecule has 0 unspecified atom stereocenters. The van der Waals surface area contributed by atoms with Crippen LogP contribution in [-0.2, 0) is 11.3 Å². The lowest BCUT2D eigenvalue weighted by atomic mass is 9.92. The molecule has 0 aliphatic carbocycles. The number of hydrogen-bond acceptors (Lipinski definition) is 6. The number of carboxylic acids is 1. The summed E-state index contributed by atoms with van der Waals surface area (Å²) in [6.45, 7) is 12.0. The Balaban J connectivity index is 1.61. The van der Waals surface area contributed by atoms with Gasteiger partial charge in [0, 0.05) is 50.2 Å². The first-order valence-electron chi connectivity index (χ1n) is 13.4. The monoisotopic (exact) mass is 517 g/mol. The van der Waals surface area contributed by atoms with Crippen molar-refractivity contribution in [3.8, 4) is 17.1 Å². The van der Waals surface area contributed by atoms with E-state index in [1.54, 1.807) is 13.4 Å². The van der Waals surface area contributed by atoms with Crippen molar-refractivity contribution in [1.29, 1.82) is 0 Å². The number of ether oxygens (including phenoxy) is 1. The maximum Gasteiger partial charge on any atom is 0.303 e. The highest BCUT2D eigenvalue weighted by molar-refractivity contribution is 5.66. The number of aromatic nitrogens is 3. The van der Waals surface area contributed by atoms with Gasteiger partial charge in [-0.05, 0) is 49.9 Å². The Kier molecular flexibility index (Phi) is 9.31. The molecule has 1 aliphatic heterocycles. The Hall–Kier alpha value is -3.49. The first-order valence-corrected chi connectivity index (χ1v) is 13.4. The molecule has 8 nitrogen and oxygen atoms in total. The fourth-order valence-corrected chi connectivity index (χ4v) is 5.40. The number of nitrogens with zero attached hydrogens (tertiary/aromatic N) is 5. The van der Waals surface area contributed by atoms with Crippen LogP contribution in [0, 0.1) is 0 Å². The minimum atomic E-state index is -0.768. The molecule has 2 aromatic carbocycles. The van der Waals surface area contributed by atoms with Crippen molar-refractivity contribution in [2.24, 2.45) is 0 Å². The summed E-state index contributed by atoms with van der Waals surface area (Å²) in [6, 6.07) is 17.8. The fourth-order valence-electron chi connectivity index (χ4n) is 5.40. The number of benzene rings is 2. The number of aliphatic carboxylic acids is 1. The molecule has 3 aromatic rings. The summed E-state index contributed by atoms with van der Waals surface area (Å²) in [7, 11) is 1.71. The molecule has 8 heteroatoms. The SMILES string of the molecule is C=CCN1C[C@H](C)N([C@H](c2ccc(-c3ncnn3CCCCC(=O)O)cc2)c2cccc(OC)c2)C[C@H]1C. The molecule has 1 saturated heterocycles. The van der Waals surface area contributed by atoms with E-state index in [-0.39, 0.29) is 12.5 Å². The molecule has 0 amide bonds. The van der Waals surface area contributed by atoms with Crippen LogP contribution < -0.4 is 4.74 Å². The van der Waals surface area contributed by atoms with E-state index in [2.05, 4.69) is 82.8 Å². The summed E-state index contributed by atoms with van der Waals surface area (Å²) in [5.41, 5.74) is 3.41. The van der Waals surface area contributed by atoms with Crippen LogP contribution in [0.4, 0.5) is 0 Å². The first kappa shape index (κ1) is 27.5. The van der Waals surface area contributed by atoms with Gasteiger partial charge in [0.1, 0.15) is 12.1 Å². The average Bonchev–Trinajstić information content (AvgIpc) is 3.38. The van der Waals surface area contributed by atoms with Crippen molar-refractivity contribution >= 4 is 5.97 Å². The zero-order chi connectivity index (χ0) is 27.1. The van der Waals surface area contributed by atoms with Crippen LogP contribution in [0.5, 0.6) is 5.75 Å². The van der Waals surface area contributed by atoms with E-state index >= 15 is 0 Å². The van der Waals surface area contributed by atoms with Crippen LogP contribution in [0.2, 0.25) is 0 Å². The van der Waals surface area contributed by atoms with Crippen molar-refractivity contribution in [3.05, 3.63) is 78.6 Å². The van der Waals surface area contributed by atoms with Gasteiger partial charge in [0.05, 0.1) is 13.2 Å². The lowest BCUT2D eigenvalue weighted by Crippen LogP contribution is -2.57. The molecular weight excluding hydrogens is 478 g/mol. The number of methoxy groups -OCH3 is 1. The standard InChI is InChI=1S/C30H39N5O3/c1-5-16-33-19-23(3)34(20-22(33)2)29(26-9-8-10-27(18-26)38-4)24-12-14-25(15-13-24)30-31-21-32-35(30)17-7-6-11-28(36)37/h5,8-10,12-15,18,21-23,29H,1,6-7,11,16-17,19-20H2,2-4H3,(H,36,37)/t22-,23+,29-/m1/s1. The third kappa shape index (κ3) is 6.49. The molecule has 0 saturated carbocycles. The average molecular weight is 518 g/mol. The summed E-state index contributed by atoms with van der Waals surface area (Å²) < 4.78 is 7.43. The van der Waals surface area contributed by atoms with Crippen LogP contribution in [0.3, 0.4) is 0 Å². The lowest BCUT2D eigenvalue weighted by Gasteiger charge is -2.47. The van der Waals surface area contributed by atoms with E-state index in [1.807, 2.05) is 16.8 Å². The second-order valence-electron chi connectivity index (χ2n) is 10.1. The predicted molar refractivity (Wildman–Crippen MR) is 149 cm³/mol. The second kappa shape index (κ2) is 12.8. The van der Waals surface area contributed by atoms with Gasteiger partial charge in [-0.25, -0.2) is 9.67 Å². The molecule has 1 N–H and O–H groups in total. The Morgan fingerprint density at radius 2 is 1.92 bits per heavy atom. The van der Waals surface area contributed by atoms with E-state index in [0.717, 1.165) is 43.2 Å². The van der Waals surface area contributed by atoms with Crippen molar-refractivity contribution < 1.29 is 14.6 Å². The highest BCUT2D eigenvalue weighted by atomic mass is 16.5. The zero-order valence-corrected chi connectivity index (χ0v) is 22.7. The van der Waals surface area contributed by atoms with Gasteiger partial charge in [0.15, 0.2) is 5.82 Å². The Labute approximate surface area is 225 Å². The Morgan fingerprint density at radius 3 is 2.63 bits per heavy atom. The van der Waals surface area contributed by atoms with Crippen LogP contribution in [0.25, 0.3) is 11.4 Å². The minimum Gasteiger partial charge on any atom is -0.497 e. The third-order valence-electron chi connectivity index (χ3n) is 7.38. The highest BCUT2D eigenvalue weighted by Gasteiger charge is 2.34. The summed E-state index contributed by atoms with van der Waals surface area (Å²) in [5.74, 6) is 0.881. The number of carboxylic acid groups (broad SMARTS) is 1. The maximum atomic E-state index is 10.8. The Bertz CT molecular complexity index is 1210. The Morgan fingerprint density at radius 1 is 1.13 bits per heavy atom. The van der Waals surface area contributed by atoms with E-state index in [1.165, 1.54) is 11.1 Å². The van der Waals surface area contributed by atoms with E-state index < -0.39 is 5.97 Å². The van der Waals surface area contributed by atoms with E-state index in [9.17, 15) is 4.79 Å². The number of rotatable bonds is 12. The molecule has 1 aliphatic rings. The zero-order valence-electron chi connectivity index (χ0n) is 22.7. The van der Waals surface area contributed by atoms with Gasteiger partial charge in [0.2, 0.25) is 0 Å². The number of hydrogen-bond donors (Lipinski definition) is 1. The predicted octanol–water partition coefficient (Wildman–Crippen LogP) is 4.88. The fraction of sp³-hybridized carbons (Fsp3) is 0.433. The third-order valence-corrected chi connectivity index (χ3v) is 7.38. The summed E-state index contributed by atoms with van der Waals surface area (Å²) >= 11 is 0. The smallest absolute Gasteiger partial charge is 0.303 e. The van der Waals surface area contributed by atoms with Gasteiger partial charge in [-0.1, -0.05) is 42.5 Å². The molecule has 0 bridgehead atoms. The van der Waals surface area contributed by atoms with Gasteiger partial charge < -0.3 is 9.84 Å². The molecule has 1 aromatic heterocycles. The van der Waals surface area contributed by atoms with E-state index in [0.29, 0.717) is 25.0 Å². The van der Waals surface area contributed by atoms with Crippen LogP contribution in [0.15, 0.2) is 67.5 Å². The van der Waals surface area contributed by atoms with Crippen molar-refractivity contribution in [3.63, 3.8) is 0 Å². The van der Waals surface area contributed by atoms with Crippen LogP contribution in [-0.4, -0.2) is 74.5 Å². The van der Waals surface area contributed by atoms with Gasteiger partial charge in [0.25, 0.3) is 0 Å². The highest BCUT2D eigenvalue weighted by Crippen LogP contribution is 2.35. The van der Waals surface area contributed by atoms with Gasteiger partial charge >= 0.3 is 5.97 Å². The second-order valence-corrected chi connectivity index (χ2v) is 10.1. The summed E-state index contributed by atoms with van der Waals surface area (Å²) in [5, 5.41) is 13.3. The molecular formula is C30H39N5O3. The minimum absolute atomic E-state index is 0.0800. The lowest BCUT2D eigenvalue weighted by molar-refractivity contribution is -0.137. The van der Waals surface area contributed by atoms with Crippen molar-refractivity contribution in [2.45, 2.75) is 57.8 Å². The van der Waals surface area contributed by atoms with Crippen molar-refractivity contribution in [1.82, 2.24) is 24.6 Å². The molecule has 202 valence electrons. The van der Waals surface area contributed by atoms with Gasteiger partial charge in [-0.2, -0.15) is 5.10 Å². The summed E-state index contributed by atoms with van der Waals surface area (Å²) in [4.78, 5) is 20.4.